The molecule has 1 amide bonds. The standard InChI is InChI=1S/C17H29N5O/c1-13(14-5-6-19-15(18)11-14)17(2,3)20-16(23)12-22-9-7-21(4)8-10-22/h5-6,11,13H,7-10,12H2,1-4H3,(H2,18,19)(H,20,23). The van der Waals surface area contributed by atoms with E-state index in [1.807, 2.05) is 12.1 Å². The Morgan fingerprint density at radius 1 is 1.39 bits per heavy atom. The molecule has 1 aromatic rings. The zero-order chi connectivity index (χ0) is 17.0. The molecule has 1 saturated heterocycles. The number of hydrogen-bond donors (Lipinski definition) is 2. The van der Waals surface area contributed by atoms with Crippen molar-refractivity contribution in [3.63, 3.8) is 0 Å². The van der Waals surface area contributed by atoms with Gasteiger partial charge in [-0.2, -0.15) is 0 Å². The summed E-state index contributed by atoms with van der Waals surface area (Å²) in [5, 5.41) is 3.18. The van der Waals surface area contributed by atoms with Crippen LogP contribution in [0.25, 0.3) is 0 Å². The molecule has 0 spiro atoms. The van der Waals surface area contributed by atoms with Crippen molar-refractivity contribution in [2.45, 2.75) is 32.2 Å². The number of pyridine rings is 1. The molecule has 1 aliphatic heterocycles. The lowest BCUT2D eigenvalue weighted by Gasteiger charge is -2.36. The minimum atomic E-state index is -0.350. The Balaban J connectivity index is 1.92. The van der Waals surface area contributed by atoms with Gasteiger partial charge in [0.25, 0.3) is 0 Å². The number of nitrogens with two attached hydrogens (primary N) is 1. The molecule has 6 heteroatoms. The van der Waals surface area contributed by atoms with Crippen LogP contribution in [0.4, 0.5) is 5.82 Å². The molecule has 2 rings (SSSR count). The molecule has 0 bridgehead atoms. The van der Waals surface area contributed by atoms with Crippen LogP contribution in [-0.4, -0.2) is 66.0 Å². The lowest BCUT2D eigenvalue weighted by atomic mass is 9.83. The summed E-state index contributed by atoms with van der Waals surface area (Å²) in [6.45, 7) is 10.6. The average molecular weight is 319 g/mol. The summed E-state index contributed by atoms with van der Waals surface area (Å²) in [5.41, 5.74) is 6.50. The van der Waals surface area contributed by atoms with Crippen LogP contribution in [0.1, 0.15) is 32.3 Å². The van der Waals surface area contributed by atoms with Crippen molar-refractivity contribution in [2.75, 3.05) is 45.5 Å². The quantitative estimate of drug-likeness (QED) is 0.844. The highest BCUT2D eigenvalue weighted by Crippen LogP contribution is 2.28. The van der Waals surface area contributed by atoms with Gasteiger partial charge in [-0.05, 0) is 38.6 Å². The molecule has 6 nitrogen and oxygen atoms in total. The van der Waals surface area contributed by atoms with Gasteiger partial charge < -0.3 is 16.0 Å². The second-order valence-corrected chi connectivity index (χ2v) is 7.09. The molecule has 1 atom stereocenters. The molecule has 1 aromatic heterocycles. The summed E-state index contributed by atoms with van der Waals surface area (Å²) in [6, 6.07) is 3.83. The van der Waals surface area contributed by atoms with Crippen molar-refractivity contribution in [2.24, 2.45) is 0 Å². The highest BCUT2D eigenvalue weighted by molar-refractivity contribution is 5.79. The number of likely N-dealkylation sites (N-methyl/N-ethyl adjacent to an activating group) is 1. The van der Waals surface area contributed by atoms with Crippen molar-refractivity contribution in [1.29, 1.82) is 0 Å². The van der Waals surface area contributed by atoms with Gasteiger partial charge in [-0.1, -0.05) is 6.92 Å². The molecule has 2 heterocycles. The average Bonchev–Trinajstić information content (AvgIpc) is 2.48. The Bertz CT molecular complexity index is 538. The predicted molar refractivity (Wildman–Crippen MR) is 93.2 cm³/mol. The Labute approximate surface area is 139 Å². The largest absolute Gasteiger partial charge is 0.384 e. The summed E-state index contributed by atoms with van der Waals surface area (Å²) in [7, 11) is 2.11. The Kier molecular flexibility index (Phi) is 5.59. The van der Waals surface area contributed by atoms with Gasteiger partial charge in [0, 0.05) is 43.8 Å². The first-order valence-electron chi connectivity index (χ1n) is 8.21. The maximum atomic E-state index is 12.4. The van der Waals surface area contributed by atoms with E-state index in [1.165, 1.54) is 0 Å². The topological polar surface area (TPSA) is 74.5 Å². The van der Waals surface area contributed by atoms with Gasteiger partial charge in [-0.3, -0.25) is 9.69 Å². The molecule has 0 aromatic carbocycles. The van der Waals surface area contributed by atoms with Gasteiger partial charge >= 0.3 is 0 Å². The van der Waals surface area contributed by atoms with Gasteiger partial charge in [0.1, 0.15) is 5.82 Å². The number of aromatic nitrogens is 1. The maximum absolute atomic E-state index is 12.4. The molecular formula is C17H29N5O. The summed E-state index contributed by atoms with van der Waals surface area (Å²) in [4.78, 5) is 20.9. The van der Waals surface area contributed by atoms with Gasteiger partial charge in [-0.15, -0.1) is 0 Å². The third-order valence-corrected chi connectivity index (χ3v) is 4.81. The van der Waals surface area contributed by atoms with Crippen molar-refractivity contribution in [1.82, 2.24) is 20.1 Å². The van der Waals surface area contributed by atoms with Crippen LogP contribution in [0.5, 0.6) is 0 Å². The number of nitrogens with one attached hydrogen (secondary N) is 1. The molecule has 128 valence electrons. The maximum Gasteiger partial charge on any atom is 0.234 e. The molecule has 0 saturated carbocycles. The Morgan fingerprint density at radius 3 is 2.65 bits per heavy atom. The Morgan fingerprint density at radius 2 is 2.04 bits per heavy atom. The van der Waals surface area contributed by atoms with Crippen molar-refractivity contribution >= 4 is 11.7 Å². The molecule has 1 unspecified atom stereocenters. The van der Waals surface area contributed by atoms with Crippen LogP contribution in [-0.2, 0) is 4.79 Å². The van der Waals surface area contributed by atoms with E-state index in [9.17, 15) is 4.79 Å². The number of anilines is 1. The fraction of sp³-hybridized carbons (Fsp3) is 0.647. The van der Waals surface area contributed by atoms with E-state index in [-0.39, 0.29) is 17.4 Å². The number of nitrogens with zero attached hydrogens (tertiary/aromatic N) is 3. The van der Waals surface area contributed by atoms with Crippen LogP contribution in [0.3, 0.4) is 0 Å². The normalized spacial score (nSPS) is 18.6. The van der Waals surface area contributed by atoms with Crippen LogP contribution in [0.15, 0.2) is 18.3 Å². The molecule has 23 heavy (non-hydrogen) atoms. The molecular weight excluding hydrogens is 290 g/mol. The lowest BCUT2D eigenvalue weighted by molar-refractivity contribution is -0.124. The third-order valence-electron chi connectivity index (χ3n) is 4.81. The van der Waals surface area contributed by atoms with E-state index < -0.39 is 0 Å². The summed E-state index contributed by atoms with van der Waals surface area (Å²) >= 11 is 0. The zero-order valence-corrected chi connectivity index (χ0v) is 14.7. The van der Waals surface area contributed by atoms with Gasteiger partial charge in [-0.25, -0.2) is 4.98 Å². The van der Waals surface area contributed by atoms with E-state index in [2.05, 4.69) is 47.9 Å². The number of rotatable bonds is 5. The number of carbonyl (C=O) groups excluding carboxylic acids is 1. The van der Waals surface area contributed by atoms with E-state index >= 15 is 0 Å². The first kappa shape index (κ1) is 17.7. The van der Waals surface area contributed by atoms with Gasteiger partial charge in [0.15, 0.2) is 0 Å². The highest BCUT2D eigenvalue weighted by atomic mass is 16.2. The van der Waals surface area contributed by atoms with Crippen molar-refractivity contribution < 1.29 is 4.79 Å². The molecule has 3 N–H and O–H groups in total. The second kappa shape index (κ2) is 7.27. The fourth-order valence-corrected chi connectivity index (χ4v) is 2.87. The number of piperazine rings is 1. The van der Waals surface area contributed by atoms with Crippen LogP contribution < -0.4 is 11.1 Å². The highest BCUT2D eigenvalue weighted by Gasteiger charge is 2.29. The van der Waals surface area contributed by atoms with E-state index in [0.29, 0.717) is 12.4 Å². The van der Waals surface area contributed by atoms with Gasteiger partial charge in [0.05, 0.1) is 6.54 Å². The minimum Gasteiger partial charge on any atom is -0.384 e. The number of nitrogen functional groups attached to an aromatic ring is 1. The smallest absolute Gasteiger partial charge is 0.234 e. The summed E-state index contributed by atoms with van der Waals surface area (Å²) < 4.78 is 0. The van der Waals surface area contributed by atoms with Gasteiger partial charge in [0.2, 0.25) is 5.91 Å². The molecule has 1 aliphatic rings. The molecule has 0 radical (unpaired) electrons. The summed E-state index contributed by atoms with van der Waals surface area (Å²) in [5.74, 6) is 0.728. The van der Waals surface area contributed by atoms with E-state index in [0.717, 1.165) is 31.7 Å². The molecule has 0 aliphatic carbocycles. The second-order valence-electron chi connectivity index (χ2n) is 7.09. The van der Waals surface area contributed by atoms with Crippen LogP contribution >= 0.6 is 0 Å². The first-order chi connectivity index (χ1) is 10.8. The number of carbonyl (C=O) groups is 1. The number of amides is 1. The SMILES string of the molecule is CC(c1ccnc(N)c1)C(C)(C)NC(=O)CN1CCN(C)CC1. The van der Waals surface area contributed by atoms with Crippen LogP contribution in [0.2, 0.25) is 0 Å². The van der Waals surface area contributed by atoms with Crippen LogP contribution in [0, 0.1) is 0 Å². The van der Waals surface area contributed by atoms with Crippen molar-refractivity contribution in [3.8, 4) is 0 Å². The minimum absolute atomic E-state index is 0.0773. The Hall–Kier alpha value is -1.66. The summed E-state index contributed by atoms with van der Waals surface area (Å²) in [6.07, 6.45) is 1.71. The van der Waals surface area contributed by atoms with E-state index in [4.69, 9.17) is 5.73 Å². The number of hydrogen-bond acceptors (Lipinski definition) is 5. The van der Waals surface area contributed by atoms with Crippen molar-refractivity contribution in [3.05, 3.63) is 23.9 Å². The molecule has 1 fully saturated rings. The zero-order valence-electron chi connectivity index (χ0n) is 14.7. The van der Waals surface area contributed by atoms with E-state index in [1.54, 1.807) is 6.20 Å². The first-order valence-corrected chi connectivity index (χ1v) is 8.21. The fourth-order valence-electron chi connectivity index (χ4n) is 2.87. The monoisotopic (exact) mass is 319 g/mol. The third kappa shape index (κ3) is 4.91. The lowest BCUT2D eigenvalue weighted by Crippen LogP contribution is -2.53. The predicted octanol–water partition coefficient (Wildman–Crippen LogP) is 0.910.